The maximum atomic E-state index is 13.1. The first-order valence-electron chi connectivity index (χ1n) is 7.16. The second-order valence-corrected chi connectivity index (χ2v) is 5.24. The fraction of sp³-hybridized carbons (Fsp3) is 0.333. The van der Waals surface area contributed by atoms with Gasteiger partial charge in [-0.25, -0.2) is 9.18 Å². The van der Waals surface area contributed by atoms with E-state index in [1.165, 1.54) is 12.1 Å². The lowest BCUT2D eigenvalue weighted by molar-refractivity contribution is -0.129. The quantitative estimate of drug-likeness (QED) is 0.863. The lowest BCUT2D eigenvalue weighted by Crippen LogP contribution is -2.50. The van der Waals surface area contributed by atoms with Crippen LogP contribution in [0, 0.1) is 5.82 Å². The summed E-state index contributed by atoms with van der Waals surface area (Å²) in [7, 11) is 0. The van der Waals surface area contributed by atoms with E-state index >= 15 is 0 Å². The summed E-state index contributed by atoms with van der Waals surface area (Å²) in [5, 5.41) is 2.83. The van der Waals surface area contributed by atoms with Crippen molar-refractivity contribution in [1.29, 1.82) is 0 Å². The van der Waals surface area contributed by atoms with Gasteiger partial charge >= 0.3 is 5.69 Å². The number of carbonyl (C=O) groups excluding carboxylic acids is 1. The maximum absolute atomic E-state index is 13.1. The van der Waals surface area contributed by atoms with Gasteiger partial charge in [0.1, 0.15) is 11.9 Å². The largest absolute Gasteiger partial charge is 0.353 e. The molecule has 0 radical (unpaired) electrons. The number of imidazole rings is 1. The van der Waals surface area contributed by atoms with Crippen LogP contribution in [0.25, 0.3) is 0 Å². The number of carbonyl (C=O) groups is 1. The lowest BCUT2D eigenvalue weighted by Gasteiger charge is -2.35. The monoisotopic (exact) mass is 304 g/mol. The third-order valence-corrected chi connectivity index (χ3v) is 3.85. The van der Waals surface area contributed by atoms with Crippen molar-refractivity contribution in [1.82, 2.24) is 19.8 Å². The number of hydrogen-bond acceptors (Lipinski definition) is 3. The molecule has 1 amide bonds. The number of nitrogens with one attached hydrogen (secondary N) is 2. The predicted molar refractivity (Wildman–Crippen MR) is 78.8 cm³/mol. The highest BCUT2D eigenvalue weighted by atomic mass is 19.1. The number of rotatable bonds is 4. The predicted octanol–water partition coefficient (Wildman–Crippen LogP) is 0.489. The van der Waals surface area contributed by atoms with Crippen LogP contribution < -0.4 is 11.0 Å². The van der Waals surface area contributed by atoms with Crippen LogP contribution in [0.5, 0.6) is 0 Å². The van der Waals surface area contributed by atoms with E-state index < -0.39 is 6.04 Å². The number of hydrogen-bond donors (Lipinski definition) is 2. The minimum atomic E-state index is -0.455. The van der Waals surface area contributed by atoms with E-state index in [4.69, 9.17) is 0 Å². The number of amides is 1. The standard InChI is InChI=1S/C15H17FN4O2/c16-12-3-1-11(2-4-12)13-14(21)17-5-7-19(13)9-10-20-8-6-18-15(20)22/h1-4,6,8,13H,5,7,9-10H2,(H,17,21)(H,18,22). The molecule has 116 valence electrons. The first-order valence-corrected chi connectivity index (χ1v) is 7.16. The van der Waals surface area contributed by atoms with Gasteiger partial charge in [-0.1, -0.05) is 12.1 Å². The van der Waals surface area contributed by atoms with Crippen molar-refractivity contribution >= 4 is 5.91 Å². The summed E-state index contributed by atoms with van der Waals surface area (Å²) in [5.74, 6) is -0.426. The molecule has 1 unspecified atom stereocenters. The van der Waals surface area contributed by atoms with Crippen LogP contribution in [0.15, 0.2) is 41.5 Å². The molecule has 0 aliphatic carbocycles. The van der Waals surface area contributed by atoms with Crippen LogP contribution in [-0.4, -0.2) is 40.0 Å². The fourth-order valence-corrected chi connectivity index (χ4v) is 2.72. The van der Waals surface area contributed by atoms with Gasteiger partial charge < -0.3 is 10.3 Å². The van der Waals surface area contributed by atoms with Crippen LogP contribution in [0.1, 0.15) is 11.6 Å². The molecular formula is C15H17FN4O2. The van der Waals surface area contributed by atoms with Crippen molar-refractivity contribution in [2.24, 2.45) is 0 Å². The van der Waals surface area contributed by atoms with Crippen LogP contribution in [0.3, 0.4) is 0 Å². The summed E-state index contributed by atoms with van der Waals surface area (Å²) in [6, 6.07) is 5.50. The number of benzene rings is 1. The van der Waals surface area contributed by atoms with Crippen molar-refractivity contribution in [3.05, 3.63) is 58.5 Å². The Kier molecular flexibility index (Phi) is 4.06. The number of halogens is 1. The fourth-order valence-electron chi connectivity index (χ4n) is 2.72. The highest BCUT2D eigenvalue weighted by Crippen LogP contribution is 2.23. The van der Waals surface area contributed by atoms with Crippen molar-refractivity contribution in [2.75, 3.05) is 19.6 Å². The van der Waals surface area contributed by atoms with Gasteiger partial charge in [0, 0.05) is 38.6 Å². The molecule has 0 saturated carbocycles. The Hall–Kier alpha value is -2.41. The highest BCUT2D eigenvalue weighted by Gasteiger charge is 2.30. The zero-order valence-corrected chi connectivity index (χ0v) is 12.0. The van der Waals surface area contributed by atoms with E-state index in [1.807, 2.05) is 4.90 Å². The average molecular weight is 304 g/mol. The topological polar surface area (TPSA) is 70.1 Å². The molecule has 2 N–H and O–H groups in total. The molecule has 0 bridgehead atoms. The molecule has 1 aliphatic rings. The molecule has 1 fully saturated rings. The first-order chi connectivity index (χ1) is 10.6. The first kappa shape index (κ1) is 14.5. The maximum Gasteiger partial charge on any atom is 0.325 e. The van der Waals surface area contributed by atoms with Gasteiger partial charge in [0.05, 0.1) is 0 Å². The Balaban J connectivity index is 1.78. The van der Waals surface area contributed by atoms with Gasteiger partial charge in [0.15, 0.2) is 0 Å². The molecular weight excluding hydrogens is 287 g/mol. The minimum absolute atomic E-state index is 0.0979. The van der Waals surface area contributed by atoms with Crippen LogP contribution in [0.4, 0.5) is 4.39 Å². The van der Waals surface area contributed by atoms with Gasteiger partial charge in [-0.2, -0.15) is 0 Å². The highest BCUT2D eigenvalue weighted by molar-refractivity contribution is 5.83. The van der Waals surface area contributed by atoms with Gasteiger partial charge in [0.2, 0.25) is 5.91 Å². The number of aromatic nitrogens is 2. The third-order valence-electron chi connectivity index (χ3n) is 3.85. The Morgan fingerprint density at radius 2 is 1.95 bits per heavy atom. The minimum Gasteiger partial charge on any atom is -0.353 e. The molecule has 2 aromatic rings. The average Bonchev–Trinajstić information content (AvgIpc) is 2.92. The number of aromatic amines is 1. The van der Waals surface area contributed by atoms with Crippen molar-refractivity contribution in [3.8, 4) is 0 Å². The van der Waals surface area contributed by atoms with Crippen molar-refractivity contribution < 1.29 is 9.18 Å². The Morgan fingerprint density at radius 1 is 1.18 bits per heavy atom. The zero-order valence-electron chi connectivity index (χ0n) is 12.0. The van der Waals surface area contributed by atoms with Crippen molar-refractivity contribution in [3.63, 3.8) is 0 Å². The van der Waals surface area contributed by atoms with Gasteiger partial charge in [-0.05, 0) is 17.7 Å². The molecule has 1 aliphatic heterocycles. The van der Waals surface area contributed by atoms with E-state index in [2.05, 4.69) is 10.3 Å². The van der Waals surface area contributed by atoms with Gasteiger partial charge in [0.25, 0.3) is 0 Å². The number of nitrogens with zero attached hydrogens (tertiary/aromatic N) is 2. The molecule has 3 rings (SSSR count). The Morgan fingerprint density at radius 3 is 2.64 bits per heavy atom. The van der Waals surface area contributed by atoms with Crippen LogP contribution in [0.2, 0.25) is 0 Å². The third kappa shape index (κ3) is 2.94. The molecule has 1 aromatic heterocycles. The summed E-state index contributed by atoms with van der Waals surface area (Å²) >= 11 is 0. The molecule has 2 heterocycles. The Labute approximate surface area is 126 Å². The molecule has 0 spiro atoms. The molecule has 7 heteroatoms. The second-order valence-electron chi connectivity index (χ2n) is 5.24. The van der Waals surface area contributed by atoms with E-state index in [9.17, 15) is 14.0 Å². The van der Waals surface area contributed by atoms with E-state index in [-0.39, 0.29) is 17.4 Å². The van der Waals surface area contributed by atoms with Gasteiger partial charge in [-0.15, -0.1) is 0 Å². The van der Waals surface area contributed by atoms with E-state index in [0.717, 1.165) is 5.56 Å². The van der Waals surface area contributed by atoms with Crippen molar-refractivity contribution in [2.45, 2.75) is 12.6 Å². The molecule has 1 atom stereocenters. The Bertz CT molecular complexity index is 707. The molecule has 1 aromatic carbocycles. The molecule has 6 nitrogen and oxygen atoms in total. The summed E-state index contributed by atoms with van der Waals surface area (Å²) < 4.78 is 14.6. The van der Waals surface area contributed by atoms with E-state index in [1.54, 1.807) is 29.1 Å². The molecule has 1 saturated heterocycles. The van der Waals surface area contributed by atoms with Gasteiger partial charge in [-0.3, -0.25) is 14.3 Å². The summed E-state index contributed by atoms with van der Waals surface area (Å²) in [6.45, 7) is 2.31. The molecule has 22 heavy (non-hydrogen) atoms. The number of piperazine rings is 1. The second kappa shape index (κ2) is 6.15. The van der Waals surface area contributed by atoms with Crippen LogP contribution in [-0.2, 0) is 11.3 Å². The summed E-state index contributed by atoms with van der Waals surface area (Å²) in [6.07, 6.45) is 3.27. The normalized spacial score (nSPS) is 19.1. The lowest BCUT2D eigenvalue weighted by atomic mass is 10.0. The summed E-state index contributed by atoms with van der Waals surface area (Å²) in [4.78, 5) is 28.3. The summed E-state index contributed by atoms with van der Waals surface area (Å²) in [5.41, 5.74) is 0.583. The zero-order chi connectivity index (χ0) is 15.5. The number of H-pyrrole nitrogens is 1. The smallest absolute Gasteiger partial charge is 0.325 e. The van der Waals surface area contributed by atoms with Crippen LogP contribution >= 0.6 is 0 Å². The van der Waals surface area contributed by atoms with E-state index in [0.29, 0.717) is 26.2 Å². The SMILES string of the molecule is O=C1NCCN(CCn2cc[nH]c2=O)C1c1ccc(F)cc1.